The minimum absolute atomic E-state index is 0.758. The Morgan fingerprint density at radius 3 is 2.71 bits per heavy atom. The third kappa shape index (κ3) is 4.34. The molecule has 3 aromatic heterocycles. The van der Waals surface area contributed by atoms with Crippen molar-refractivity contribution in [3.63, 3.8) is 0 Å². The van der Waals surface area contributed by atoms with E-state index in [1.54, 1.807) is 13.3 Å². The van der Waals surface area contributed by atoms with E-state index < -0.39 is 0 Å². The number of aromatic nitrogens is 4. The molecule has 0 saturated heterocycles. The fraction of sp³-hybridized carbons (Fsp3) is 0.240. The van der Waals surface area contributed by atoms with Crippen LogP contribution in [-0.2, 0) is 26.1 Å². The fourth-order valence-corrected chi connectivity index (χ4v) is 4.05. The second-order valence-corrected chi connectivity index (χ2v) is 7.84. The molecule has 0 aliphatic carbocycles. The number of nitrogens with zero attached hydrogens (tertiary/aromatic N) is 5. The third-order valence-electron chi connectivity index (χ3n) is 5.75. The van der Waals surface area contributed by atoms with Crippen molar-refractivity contribution in [3.8, 4) is 17.1 Å². The van der Waals surface area contributed by atoms with Gasteiger partial charge >= 0.3 is 0 Å². The number of hydrogen-bond donors (Lipinski definition) is 0. The summed E-state index contributed by atoms with van der Waals surface area (Å²) in [5, 5.41) is 0. The minimum atomic E-state index is 0.758. The van der Waals surface area contributed by atoms with E-state index in [0.717, 1.165) is 55.4 Å². The lowest BCUT2D eigenvalue weighted by Crippen LogP contribution is -2.31. The quantitative estimate of drug-likeness (QED) is 0.481. The van der Waals surface area contributed by atoms with Gasteiger partial charge in [-0.25, -0.2) is 9.97 Å². The van der Waals surface area contributed by atoms with Crippen molar-refractivity contribution in [2.45, 2.75) is 26.1 Å². The van der Waals surface area contributed by atoms with Gasteiger partial charge in [0.15, 0.2) is 5.82 Å². The third-order valence-corrected chi connectivity index (χ3v) is 5.75. The maximum Gasteiger partial charge on any atom is 0.160 e. The van der Waals surface area contributed by atoms with Gasteiger partial charge < -0.3 is 9.30 Å². The number of rotatable bonds is 6. The maximum atomic E-state index is 5.26. The zero-order chi connectivity index (χ0) is 21.0. The van der Waals surface area contributed by atoms with Crippen LogP contribution in [0, 0.1) is 0 Å². The molecule has 1 aliphatic rings. The molecule has 0 fully saturated rings. The van der Waals surface area contributed by atoms with Gasteiger partial charge in [-0.1, -0.05) is 12.1 Å². The van der Waals surface area contributed by atoms with Crippen LogP contribution < -0.4 is 4.74 Å². The topological polar surface area (TPSA) is 56.1 Å². The van der Waals surface area contributed by atoms with Gasteiger partial charge in [-0.2, -0.15) is 0 Å². The van der Waals surface area contributed by atoms with Crippen LogP contribution >= 0.6 is 0 Å². The molecule has 1 aromatic carbocycles. The van der Waals surface area contributed by atoms with Gasteiger partial charge in [0, 0.05) is 74.2 Å². The zero-order valence-electron chi connectivity index (χ0n) is 17.6. The number of benzene rings is 1. The van der Waals surface area contributed by atoms with E-state index in [-0.39, 0.29) is 0 Å². The van der Waals surface area contributed by atoms with Crippen molar-refractivity contribution in [1.29, 1.82) is 0 Å². The van der Waals surface area contributed by atoms with E-state index in [0.29, 0.717) is 0 Å². The predicted octanol–water partition coefficient (Wildman–Crippen LogP) is 3.96. The summed E-state index contributed by atoms with van der Waals surface area (Å²) in [6, 6.07) is 16.5. The lowest BCUT2D eigenvalue weighted by atomic mass is 10.1. The Kier molecular flexibility index (Phi) is 5.46. The Morgan fingerprint density at radius 1 is 1.00 bits per heavy atom. The van der Waals surface area contributed by atoms with Crippen LogP contribution in [0.5, 0.6) is 5.75 Å². The first-order chi connectivity index (χ1) is 15.3. The monoisotopic (exact) mass is 411 g/mol. The summed E-state index contributed by atoms with van der Waals surface area (Å²) in [6.07, 6.45) is 8.65. The smallest absolute Gasteiger partial charge is 0.160 e. The normalized spacial score (nSPS) is 13.7. The largest absolute Gasteiger partial charge is 0.497 e. The summed E-state index contributed by atoms with van der Waals surface area (Å²) in [4.78, 5) is 16.0. The summed E-state index contributed by atoms with van der Waals surface area (Å²) in [5.74, 6) is 1.64. The molecule has 4 heterocycles. The molecule has 1 aliphatic heterocycles. The van der Waals surface area contributed by atoms with Gasteiger partial charge in [-0.05, 0) is 42.0 Å². The molecular formula is C25H25N5O. The van der Waals surface area contributed by atoms with Crippen LogP contribution in [0.4, 0.5) is 0 Å². The minimum Gasteiger partial charge on any atom is -0.497 e. The molecule has 0 bridgehead atoms. The molecule has 4 aromatic rings. The fourth-order valence-electron chi connectivity index (χ4n) is 4.05. The molecular weight excluding hydrogens is 386 g/mol. The summed E-state index contributed by atoms with van der Waals surface area (Å²) in [6.45, 7) is 3.63. The molecule has 0 saturated carbocycles. The highest BCUT2D eigenvalue weighted by atomic mass is 16.5. The number of hydrogen-bond acceptors (Lipinski definition) is 5. The van der Waals surface area contributed by atoms with E-state index in [4.69, 9.17) is 9.72 Å². The first-order valence-electron chi connectivity index (χ1n) is 10.5. The number of ether oxygens (including phenoxy) is 1. The van der Waals surface area contributed by atoms with Crippen molar-refractivity contribution in [2.24, 2.45) is 0 Å². The van der Waals surface area contributed by atoms with Gasteiger partial charge in [0.05, 0.1) is 12.8 Å². The van der Waals surface area contributed by atoms with Crippen LogP contribution in [0.3, 0.4) is 0 Å². The molecule has 156 valence electrons. The summed E-state index contributed by atoms with van der Waals surface area (Å²) in [5.41, 5.74) is 5.90. The van der Waals surface area contributed by atoms with Gasteiger partial charge in [-0.3, -0.25) is 9.88 Å². The first-order valence-corrected chi connectivity index (χ1v) is 10.5. The van der Waals surface area contributed by atoms with E-state index in [2.05, 4.69) is 49.9 Å². The van der Waals surface area contributed by atoms with E-state index >= 15 is 0 Å². The number of methoxy groups -OCH3 is 1. The average molecular weight is 412 g/mol. The van der Waals surface area contributed by atoms with Crippen molar-refractivity contribution in [1.82, 2.24) is 24.4 Å². The SMILES string of the molecule is COc1ccc(Cn2cccc2CN2CCc3nc(-c4cccnc4)ncc3C2)cc1. The zero-order valence-corrected chi connectivity index (χ0v) is 17.6. The van der Waals surface area contributed by atoms with Crippen LogP contribution in [-0.4, -0.2) is 38.1 Å². The molecule has 0 unspecified atom stereocenters. The summed E-state index contributed by atoms with van der Waals surface area (Å²) in [7, 11) is 1.69. The van der Waals surface area contributed by atoms with Crippen molar-refractivity contribution >= 4 is 0 Å². The lowest BCUT2D eigenvalue weighted by molar-refractivity contribution is 0.237. The molecule has 0 spiro atoms. The van der Waals surface area contributed by atoms with E-state index in [1.807, 2.05) is 36.7 Å². The van der Waals surface area contributed by atoms with E-state index in [1.165, 1.54) is 16.8 Å². The van der Waals surface area contributed by atoms with Crippen LogP contribution in [0.25, 0.3) is 11.4 Å². The van der Waals surface area contributed by atoms with Gasteiger partial charge in [-0.15, -0.1) is 0 Å². The molecule has 0 atom stereocenters. The van der Waals surface area contributed by atoms with Gasteiger partial charge in [0.25, 0.3) is 0 Å². The van der Waals surface area contributed by atoms with Crippen molar-refractivity contribution in [3.05, 3.63) is 95.8 Å². The van der Waals surface area contributed by atoms with Crippen LogP contribution in [0.2, 0.25) is 0 Å². The highest BCUT2D eigenvalue weighted by Crippen LogP contribution is 2.22. The average Bonchev–Trinajstić information content (AvgIpc) is 3.26. The molecule has 0 radical (unpaired) electrons. The number of pyridine rings is 1. The van der Waals surface area contributed by atoms with Gasteiger partial charge in [0.2, 0.25) is 0 Å². The Balaban J connectivity index is 1.27. The second kappa shape index (κ2) is 8.70. The molecule has 0 N–H and O–H groups in total. The molecule has 0 amide bonds. The Labute approximate surface area is 182 Å². The molecule has 6 nitrogen and oxygen atoms in total. The van der Waals surface area contributed by atoms with Crippen molar-refractivity contribution < 1.29 is 4.74 Å². The highest BCUT2D eigenvalue weighted by molar-refractivity contribution is 5.53. The lowest BCUT2D eigenvalue weighted by Gasteiger charge is -2.28. The van der Waals surface area contributed by atoms with Gasteiger partial charge in [0.1, 0.15) is 5.75 Å². The molecule has 5 rings (SSSR count). The first kappa shape index (κ1) is 19.5. The standard InChI is InChI=1S/C25H25N5O/c1-31-23-8-6-19(7-9-23)16-30-12-3-5-22(30)18-29-13-10-24-21(17-29)15-27-25(28-24)20-4-2-11-26-14-20/h2-9,11-12,14-15H,10,13,16-18H2,1H3. The Hall–Kier alpha value is -3.51. The predicted molar refractivity (Wildman–Crippen MR) is 120 cm³/mol. The number of fused-ring (bicyclic) bond motifs is 1. The Bertz CT molecular complexity index is 1150. The van der Waals surface area contributed by atoms with Crippen LogP contribution in [0.1, 0.15) is 22.5 Å². The summed E-state index contributed by atoms with van der Waals surface area (Å²) < 4.78 is 7.58. The second-order valence-electron chi connectivity index (χ2n) is 7.84. The summed E-state index contributed by atoms with van der Waals surface area (Å²) >= 11 is 0. The van der Waals surface area contributed by atoms with E-state index in [9.17, 15) is 0 Å². The highest BCUT2D eigenvalue weighted by Gasteiger charge is 2.20. The van der Waals surface area contributed by atoms with Crippen LogP contribution in [0.15, 0.2) is 73.3 Å². The molecule has 6 heteroatoms. The van der Waals surface area contributed by atoms with Crippen molar-refractivity contribution in [2.75, 3.05) is 13.7 Å². The maximum absolute atomic E-state index is 5.26. The Morgan fingerprint density at radius 2 is 1.90 bits per heavy atom. The molecule has 31 heavy (non-hydrogen) atoms.